The minimum atomic E-state index is -0.979. The molecule has 1 aromatic carbocycles. The van der Waals surface area contributed by atoms with Crippen LogP contribution < -0.4 is 30.1 Å². The third kappa shape index (κ3) is 2.90. The van der Waals surface area contributed by atoms with Crippen molar-refractivity contribution in [3.05, 3.63) is 57.0 Å². The standard InChI is InChI=1S/C19H18N2O7/c1-24-12-4-5-13(25-2)17(26-3)15(12)14-10(7-20)19(21)28-16-11(23)6-9(8-22)27-18(14)16/h4-6,14,22H,8,21H2,1-3H3/t14-/m1/s1. The van der Waals surface area contributed by atoms with Crippen molar-refractivity contribution in [2.75, 3.05) is 21.3 Å². The molecule has 0 bridgehead atoms. The van der Waals surface area contributed by atoms with Gasteiger partial charge in [0.25, 0.3) is 0 Å². The topological polar surface area (TPSA) is 137 Å². The second-order valence-electron chi connectivity index (χ2n) is 5.77. The summed E-state index contributed by atoms with van der Waals surface area (Å²) < 4.78 is 27.3. The van der Waals surface area contributed by atoms with Crippen LogP contribution in [0, 0.1) is 11.3 Å². The average molecular weight is 386 g/mol. The van der Waals surface area contributed by atoms with Gasteiger partial charge >= 0.3 is 0 Å². The van der Waals surface area contributed by atoms with E-state index in [9.17, 15) is 15.2 Å². The lowest BCUT2D eigenvalue weighted by atomic mass is 9.86. The van der Waals surface area contributed by atoms with Gasteiger partial charge in [0.2, 0.25) is 17.1 Å². The predicted molar refractivity (Wildman–Crippen MR) is 96.3 cm³/mol. The van der Waals surface area contributed by atoms with Gasteiger partial charge in [0, 0.05) is 6.07 Å². The van der Waals surface area contributed by atoms with Gasteiger partial charge in [-0.2, -0.15) is 5.26 Å². The van der Waals surface area contributed by atoms with Crippen molar-refractivity contribution >= 4 is 0 Å². The molecular weight excluding hydrogens is 368 g/mol. The van der Waals surface area contributed by atoms with Crippen molar-refractivity contribution in [2.45, 2.75) is 12.5 Å². The molecule has 2 heterocycles. The van der Waals surface area contributed by atoms with Gasteiger partial charge < -0.3 is 34.2 Å². The summed E-state index contributed by atoms with van der Waals surface area (Å²) in [4.78, 5) is 12.4. The summed E-state index contributed by atoms with van der Waals surface area (Å²) in [5.41, 5.74) is 5.74. The summed E-state index contributed by atoms with van der Waals surface area (Å²) in [7, 11) is 4.34. The highest BCUT2D eigenvalue weighted by Gasteiger charge is 2.39. The normalized spacial score (nSPS) is 15.3. The van der Waals surface area contributed by atoms with Crippen LogP contribution in [0.5, 0.6) is 23.0 Å². The molecule has 0 aliphatic carbocycles. The average Bonchev–Trinajstić information content (AvgIpc) is 2.71. The summed E-state index contributed by atoms with van der Waals surface area (Å²) in [5, 5.41) is 19.2. The minimum Gasteiger partial charge on any atom is -0.496 e. The Morgan fingerprint density at radius 3 is 2.46 bits per heavy atom. The van der Waals surface area contributed by atoms with E-state index in [4.69, 9.17) is 29.1 Å². The Balaban J connectivity index is 2.43. The number of hydrogen-bond donors (Lipinski definition) is 2. The minimum absolute atomic E-state index is 0.00408. The van der Waals surface area contributed by atoms with Gasteiger partial charge in [0.1, 0.15) is 29.8 Å². The molecule has 0 fully saturated rings. The van der Waals surface area contributed by atoms with E-state index in [0.717, 1.165) is 6.07 Å². The molecule has 0 unspecified atom stereocenters. The number of benzene rings is 1. The van der Waals surface area contributed by atoms with Crippen molar-refractivity contribution < 1.29 is 28.5 Å². The fourth-order valence-corrected chi connectivity index (χ4v) is 3.14. The first-order valence-corrected chi connectivity index (χ1v) is 8.14. The molecule has 9 nitrogen and oxygen atoms in total. The number of allylic oxidation sites excluding steroid dienone is 1. The van der Waals surface area contributed by atoms with Crippen LogP contribution in [0.3, 0.4) is 0 Å². The van der Waals surface area contributed by atoms with Crippen LogP contribution in [0.2, 0.25) is 0 Å². The molecule has 28 heavy (non-hydrogen) atoms. The Morgan fingerprint density at radius 1 is 1.21 bits per heavy atom. The van der Waals surface area contributed by atoms with E-state index in [1.165, 1.54) is 21.3 Å². The SMILES string of the molecule is COc1ccc(OC)c([C@H]2C(C#N)=C(N)Oc3c2oc(CO)cc3=O)c1OC. The quantitative estimate of drug-likeness (QED) is 0.780. The fourth-order valence-electron chi connectivity index (χ4n) is 3.14. The van der Waals surface area contributed by atoms with Crippen LogP contribution in [0.15, 0.2) is 38.9 Å². The molecule has 0 spiro atoms. The Kier molecular flexibility index (Phi) is 5.15. The molecular formula is C19H18N2O7. The van der Waals surface area contributed by atoms with E-state index in [1.54, 1.807) is 12.1 Å². The molecule has 3 N–H and O–H groups in total. The number of rotatable bonds is 5. The van der Waals surface area contributed by atoms with Crippen molar-refractivity contribution in [3.63, 3.8) is 0 Å². The molecule has 9 heteroatoms. The molecule has 1 atom stereocenters. The maximum absolute atomic E-state index is 12.4. The molecule has 0 saturated heterocycles. The smallest absolute Gasteiger partial charge is 0.228 e. The lowest BCUT2D eigenvalue weighted by Crippen LogP contribution is -2.26. The molecule has 2 aromatic rings. The maximum atomic E-state index is 12.4. The highest BCUT2D eigenvalue weighted by molar-refractivity contribution is 5.63. The molecule has 1 aromatic heterocycles. The van der Waals surface area contributed by atoms with Gasteiger partial charge in [-0.3, -0.25) is 4.79 Å². The van der Waals surface area contributed by atoms with E-state index in [-0.39, 0.29) is 34.5 Å². The van der Waals surface area contributed by atoms with Gasteiger partial charge in [0.15, 0.2) is 17.3 Å². The third-order valence-electron chi connectivity index (χ3n) is 4.34. The molecule has 3 rings (SSSR count). The Labute approximate surface area is 160 Å². The first-order chi connectivity index (χ1) is 13.5. The zero-order chi connectivity index (χ0) is 20.4. The van der Waals surface area contributed by atoms with Gasteiger partial charge in [-0.15, -0.1) is 0 Å². The molecule has 0 radical (unpaired) electrons. The number of fused-ring (bicyclic) bond motifs is 1. The zero-order valence-electron chi connectivity index (χ0n) is 15.4. The maximum Gasteiger partial charge on any atom is 0.228 e. The number of hydrogen-bond acceptors (Lipinski definition) is 9. The summed E-state index contributed by atoms with van der Waals surface area (Å²) in [6, 6.07) is 6.36. The molecule has 0 saturated carbocycles. The number of ether oxygens (including phenoxy) is 4. The number of nitriles is 1. The van der Waals surface area contributed by atoms with Crippen molar-refractivity contribution in [2.24, 2.45) is 5.73 Å². The highest BCUT2D eigenvalue weighted by atomic mass is 16.5. The van der Waals surface area contributed by atoms with E-state index >= 15 is 0 Å². The Hall–Kier alpha value is -3.64. The zero-order valence-corrected chi connectivity index (χ0v) is 15.4. The van der Waals surface area contributed by atoms with Gasteiger partial charge in [-0.1, -0.05) is 0 Å². The van der Waals surface area contributed by atoms with Crippen LogP contribution in [0.25, 0.3) is 0 Å². The van der Waals surface area contributed by atoms with Crippen LogP contribution in [0.4, 0.5) is 0 Å². The molecule has 1 aliphatic heterocycles. The summed E-state index contributed by atoms with van der Waals surface area (Å²) in [5.74, 6) is -0.370. The predicted octanol–water partition coefficient (Wildman–Crippen LogP) is 1.38. The number of methoxy groups -OCH3 is 3. The van der Waals surface area contributed by atoms with E-state index in [1.807, 2.05) is 6.07 Å². The Morgan fingerprint density at radius 2 is 1.89 bits per heavy atom. The number of nitrogens with two attached hydrogens (primary N) is 1. The lowest BCUT2D eigenvalue weighted by Gasteiger charge is -2.27. The fraction of sp³-hybridized carbons (Fsp3) is 0.263. The molecule has 0 amide bonds. The lowest BCUT2D eigenvalue weighted by molar-refractivity contribution is 0.231. The van der Waals surface area contributed by atoms with Crippen LogP contribution in [0.1, 0.15) is 23.0 Å². The van der Waals surface area contributed by atoms with Crippen molar-refractivity contribution in [3.8, 4) is 29.1 Å². The first-order valence-electron chi connectivity index (χ1n) is 8.14. The van der Waals surface area contributed by atoms with Crippen molar-refractivity contribution in [1.29, 1.82) is 5.26 Å². The van der Waals surface area contributed by atoms with E-state index in [0.29, 0.717) is 17.1 Å². The summed E-state index contributed by atoms with van der Waals surface area (Å²) >= 11 is 0. The van der Waals surface area contributed by atoms with E-state index in [2.05, 4.69) is 0 Å². The largest absolute Gasteiger partial charge is 0.496 e. The van der Waals surface area contributed by atoms with Crippen LogP contribution >= 0.6 is 0 Å². The molecule has 1 aliphatic rings. The van der Waals surface area contributed by atoms with Gasteiger partial charge in [-0.25, -0.2) is 0 Å². The summed E-state index contributed by atoms with van der Waals surface area (Å²) in [6.07, 6.45) is 0. The van der Waals surface area contributed by atoms with Crippen LogP contribution in [-0.2, 0) is 6.61 Å². The van der Waals surface area contributed by atoms with Gasteiger partial charge in [0.05, 0.1) is 32.8 Å². The molecule has 146 valence electrons. The Bertz CT molecular complexity index is 1050. The van der Waals surface area contributed by atoms with Gasteiger partial charge in [-0.05, 0) is 12.1 Å². The second kappa shape index (κ2) is 7.54. The highest BCUT2D eigenvalue weighted by Crippen LogP contribution is 2.50. The number of aliphatic hydroxyl groups excluding tert-OH is 1. The van der Waals surface area contributed by atoms with E-state index < -0.39 is 18.0 Å². The summed E-state index contributed by atoms with van der Waals surface area (Å²) in [6.45, 7) is -0.511. The van der Waals surface area contributed by atoms with Crippen molar-refractivity contribution in [1.82, 2.24) is 0 Å². The third-order valence-corrected chi connectivity index (χ3v) is 4.34. The second-order valence-corrected chi connectivity index (χ2v) is 5.77. The van der Waals surface area contributed by atoms with Crippen LogP contribution in [-0.4, -0.2) is 26.4 Å². The number of aliphatic hydroxyl groups is 1. The monoisotopic (exact) mass is 386 g/mol. The first kappa shape index (κ1) is 19.1. The number of nitrogens with zero attached hydrogens (tertiary/aromatic N) is 1.